The standard InChI is InChI=1S/C12H25N3O.2ClH/c1-3-15(4-2)8-7-14-12(16)9-11-5-6-13-10-11;;/h11,13H,3-10H2,1-2H3,(H,14,16);2*1H. The Bertz CT molecular complexity index is 207. The Labute approximate surface area is 123 Å². The quantitative estimate of drug-likeness (QED) is 0.744. The minimum Gasteiger partial charge on any atom is -0.355 e. The lowest BCUT2D eigenvalue weighted by molar-refractivity contribution is -0.121. The lowest BCUT2D eigenvalue weighted by Gasteiger charge is -2.18. The number of hydrogen-bond acceptors (Lipinski definition) is 3. The fourth-order valence-corrected chi connectivity index (χ4v) is 2.12. The molecule has 1 aliphatic heterocycles. The van der Waals surface area contributed by atoms with E-state index in [4.69, 9.17) is 0 Å². The summed E-state index contributed by atoms with van der Waals surface area (Å²) in [6.45, 7) is 10.2. The van der Waals surface area contributed by atoms with Gasteiger partial charge in [-0.2, -0.15) is 0 Å². The molecule has 0 aromatic carbocycles. The molecule has 0 radical (unpaired) electrons. The first kappa shape index (κ1) is 20.3. The highest BCUT2D eigenvalue weighted by Crippen LogP contribution is 2.11. The molecule has 0 aromatic rings. The van der Waals surface area contributed by atoms with E-state index in [1.807, 2.05) is 0 Å². The van der Waals surface area contributed by atoms with E-state index < -0.39 is 0 Å². The predicted octanol–water partition coefficient (Wildman–Crippen LogP) is 1.29. The van der Waals surface area contributed by atoms with Crippen molar-refractivity contribution in [2.24, 2.45) is 5.92 Å². The van der Waals surface area contributed by atoms with Crippen LogP contribution in [0.2, 0.25) is 0 Å². The summed E-state index contributed by atoms with van der Waals surface area (Å²) in [6, 6.07) is 0. The minimum atomic E-state index is 0. The number of halogens is 2. The monoisotopic (exact) mass is 299 g/mol. The molecular weight excluding hydrogens is 273 g/mol. The zero-order valence-corrected chi connectivity index (χ0v) is 13.0. The third-order valence-corrected chi connectivity index (χ3v) is 3.28. The van der Waals surface area contributed by atoms with Crippen molar-refractivity contribution in [1.29, 1.82) is 0 Å². The normalized spacial score (nSPS) is 18.1. The molecule has 4 nitrogen and oxygen atoms in total. The summed E-state index contributed by atoms with van der Waals surface area (Å²) in [7, 11) is 0. The van der Waals surface area contributed by atoms with Crippen molar-refractivity contribution >= 4 is 30.7 Å². The number of likely N-dealkylation sites (N-methyl/N-ethyl adjacent to an activating group) is 1. The molecule has 1 aliphatic rings. The Balaban J connectivity index is 0. The lowest BCUT2D eigenvalue weighted by Crippen LogP contribution is -2.35. The second-order valence-corrected chi connectivity index (χ2v) is 4.44. The van der Waals surface area contributed by atoms with Crippen LogP contribution in [-0.2, 0) is 4.79 Å². The smallest absolute Gasteiger partial charge is 0.220 e. The van der Waals surface area contributed by atoms with Gasteiger partial charge < -0.3 is 15.5 Å². The van der Waals surface area contributed by atoms with Crippen molar-refractivity contribution in [2.45, 2.75) is 26.7 Å². The van der Waals surface area contributed by atoms with Gasteiger partial charge in [0.15, 0.2) is 0 Å². The van der Waals surface area contributed by atoms with Crippen LogP contribution in [0.3, 0.4) is 0 Å². The van der Waals surface area contributed by atoms with Crippen LogP contribution in [0.15, 0.2) is 0 Å². The van der Waals surface area contributed by atoms with Crippen LogP contribution in [0.1, 0.15) is 26.7 Å². The van der Waals surface area contributed by atoms with E-state index in [0.29, 0.717) is 12.3 Å². The second kappa shape index (κ2) is 12.0. The van der Waals surface area contributed by atoms with Crippen LogP contribution in [-0.4, -0.2) is 50.1 Å². The molecule has 1 saturated heterocycles. The van der Waals surface area contributed by atoms with E-state index in [0.717, 1.165) is 45.7 Å². The third kappa shape index (κ3) is 8.14. The van der Waals surface area contributed by atoms with Crippen molar-refractivity contribution in [3.8, 4) is 0 Å². The van der Waals surface area contributed by atoms with Crippen molar-refractivity contribution in [2.75, 3.05) is 39.3 Å². The summed E-state index contributed by atoms with van der Waals surface area (Å²) < 4.78 is 0. The molecule has 1 rings (SSSR count). The van der Waals surface area contributed by atoms with E-state index in [1.165, 1.54) is 0 Å². The lowest BCUT2D eigenvalue weighted by atomic mass is 10.0. The van der Waals surface area contributed by atoms with Crippen molar-refractivity contribution in [3.05, 3.63) is 0 Å². The fraction of sp³-hybridized carbons (Fsp3) is 0.917. The molecule has 110 valence electrons. The van der Waals surface area contributed by atoms with E-state index in [9.17, 15) is 4.79 Å². The Hall–Kier alpha value is -0.0300. The van der Waals surface area contributed by atoms with Gasteiger partial charge in [-0.05, 0) is 38.5 Å². The molecule has 0 aromatic heterocycles. The molecule has 1 atom stereocenters. The van der Waals surface area contributed by atoms with Gasteiger partial charge in [-0.25, -0.2) is 0 Å². The molecular formula is C12H27Cl2N3O. The largest absolute Gasteiger partial charge is 0.355 e. The van der Waals surface area contributed by atoms with Crippen LogP contribution >= 0.6 is 24.8 Å². The fourth-order valence-electron chi connectivity index (χ4n) is 2.12. The van der Waals surface area contributed by atoms with Gasteiger partial charge in [0.25, 0.3) is 0 Å². The van der Waals surface area contributed by atoms with Gasteiger partial charge in [-0.3, -0.25) is 4.79 Å². The predicted molar refractivity (Wildman–Crippen MR) is 80.9 cm³/mol. The van der Waals surface area contributed by atoms with E-state index in [1.54, 1.807) is 0 Å². The first-order chi connectivity index (χ1) is 7.76. The van der Waals surface area contributed by atoms with Gasteiger partial charge in [0.05, 0.1) is 0 Å². The molecule has 1 heterocycles. The van der Waals surface area contributed by atoms with Crippen LogP contribution in [0, 0.1) is 5.92 Å². The number of hydrogen-bond donors (Lipinski definition) is 2. The van der Waals surface area contributed by atoms with Crippen LogP contribution in [0.4, 0.5) is 0 Å². The summed E-state index contributed by atoms with van der Waals surface area (Å²) in [5.41, 5.74) is 0. The average molecular weight is 300 g/mol. The second-order valence-electron chi connectivity index (χ2n) is 4.44. The highest BCUT2D eigenvalue weighted by Gasteiger charge is 2.17. The summed E-state index contributed by atoms with van der Waals surface area (Å²) in [6.07, 6.45) is 1.83. The Kier molecular flexibility index (Phi) is 13.6. The highest BCUT2D eigenvalue weighted by atomic mass is 35.5. The molecule has 18 heavy (non-hydrogen) atoms. The van der Waals surface area contributed by atoms with Crippen LogP contribution in [0.5, 0.6) is 0 Å². The number of carbonyl (C=O) groups is 1. The maximum absolute atomic E-state index is 11.6. The van der Waals surface area contributed by atoms with Gasteiger partial charge in [0.2, 0.25) is 5.91 Å². The van der Waals surface area contributed by atoms with Crippen LogP contribution < -0.4 is 10.6 Å². The Morgan fingerprint density at radius 3 is 2.50 bits per heavy atom. The topological polar surface area (TPSA) is 44.4 Å². The zero-order chi connectivity index (χ0) is 11.8. The molecule has 0 aliphatic carbocycles. The maximum atomic E-state index is 11.6. The summed E-state index contributed by atoms with van der Waals surface area (Å²) in [4.78, 5) is 13.9. The number of amides is 1. The van der Waals surface area contributed by atoms with Gasteiger partial charge in [-0.15, -0.1) is 24.8 Å². The Morgan fingerprint density at radius 2 is 2.00 bits per heavy atom. The first-order valence-corrected chi connectivity index (χ1v) is 6.46. The average Bonchev–Trinajstić information content (AvgIpc) is 2.77. The van der Waals surface area contributed by atoms with Crippen molar-refractivity contribution < 1.29 is 4.79 Å². The molecule has 1 unspecified atom stereocenters. The first-order valence-electron chi connectivity index (χ1n) is 6.46. The SMILES string of the molecule is CCN(CC)CCNC(=O)CC1CCNC1.Cl.Cl. The molecule has 1 fully saturated rings. The molecule has 0 spiro atoms. The van der Waals surface area contributed by atoms with E-state index >= 15 is 0 Å². The summed E-state index contributed by atoms with van der Waals surface area (Å²) in [5.74, 6) is 0.759. The molecule has 0 saturated carbocycles. The van der Waals surface area contributed by atoms with Crippen molar-refractivity contribution in [3.63, 3.8) is 0 Å². The van der Waals surface area contributed by atoms with Gasteiger partial charge in [-0.1, -0.05) is 13.8 Å². The van der Waals surface area contributed by atoms with Crippen LogP contribution in [0.25, 0.3) is 0 Å². The van der Waals surface area contributed by atoms with Gasteiger partial charge in [0, 0.05) is 19.5 Å². The van der Waals surface area contributed by atoms with E-state index in [2.05, 4.69) is 29.4 Å². The minimum absolute atomic E-state index is 0. The number of rotatable bonds is 7. The van der Waals surface area contributed by atoms with E-state index in [-0.39, 0.29) is 30.7 Å². The number of nitrogens with zero attached hydrogens (tertiary/aromatic N) is 1. The third-order valence-electron chi connectivity index (χ3n) is 3.28. The van der Waals surface area contributed by atoms with Gasteiger partial charge in [0.1, 0.15) is 0 Å². The molecule has 1 amide bonds. The molecule has 0 bridgehead atoms. The molecule has 2 N–H and O–H groups in total. The number of nitrogens with one attached hydrogen (secondary N) is 2. The number of carbonyl (C=O) groups excluding carboxylic acids is 1. The Morgan fingerprint density at radius 1 is 1.33 bits per heavy atom. The highest BCUT2D eigenvalue weighted by molar-refractivity contribution is 5.85. The summed E-state index contributed by atoms with van der Waals surface area (Å²) >= 11 is 0. The van der Waals surface area contributed by atoms with Crippen molar-refractivity contribution in [1.82, 2.24) is 15.5 Å². The van der Waals surface area contributed by atoms with Gasteiger partial charge >= 0.3 is 0 Å². The summed E-state index contributed by atoms with van der Waals surface area (Å²) in [5, 5.41) is 6.28. The molecule has 6 heteroatoms. The maximum Gasteiger partial charge on any atom is 0.220 e. The zero-order valence-electron chi connectivity index (χ0n) is 11.4.